The number of likely N-dealkylation sites (tertiary alicyclic amines) is 1. The zero-order chi connectivity index (χ0) is 18.1. The Morgan fingerprint density at radius 2 is 1.76 bits per heavy atom. The molecule has 2 unspecified atom stereocenters. The van der Waals surface area contributed by atoms with Crippen molar-refractivity contribution in [3.05, 3.63) is 35.9 Å². The molecule has 1 aliphatic rings. The quantitative estimate of drug-likeness (QED) is 0.746. The van der Waals surface area contributed by atoms with E-state index >= 15 is 0 Å². The van der Waals surface area contributed by atoms with E-state index in [1.54, 1.807) is 0 Å². The second-order valence-electron chi connectivity index (χ2n) is 7.25. The molecule has 1 aliphatic heterocycles. The van der Waals surface area contributed by atoms with Crippen molar-refractivity contribution >= 4 is 5.91 Å². The maximum absolute atomic E-state index is 12.9. The van der Waals surface area contributed by atoms with Crippen LogP contribution in [0.1, 0.15) is 51.6 Å². The van der Waals surface area contributed by atoms with E-state index in [4.69, 9.17) is 0 Å². The third-order valence-electron chi connectivity index (χ3n) is 5.18. The number of likely N-dealkylation sites (N-methyl/N-ethyl adjacent to an activating group) is 1. The van der Waals surface area contributed by atoms with Crippen molar-refractivity contribution < 1.29 is 4.79 Å². The van der Waals surface area contributed by atoms with Crippen molar-refractivity contribution in [1.29, 1.82) is 0 Å². The highest BCUT2D eigenvalue weighted by molar-refractivity contribution is 5.83. The molecule has 1 saturated heterocycles. The van der Waals surface area contributed by atoms with Gasteiger partial charge in [-0.3, -0.25) is 9.69 Å². The van der Waals surface area contributed by atoms with Gasteiger partial charge in [0.05, 0.1) is 0 Å². The van der Waals surface area contributed by atoms with E-state index in [1.807, 2.05) is 18.2 Å². The molecule has 1 N–H and O–H groups in total. The van der Waals surface area contributed by atoms with Crippen LogP contribution in [-0.2, 0) is 4.79 Å². The second-order valence-corrected chi connectivity index (χ2v) is 7.25. The summed E-state index contributed by atoms with van der Waals surface area (Å²) < 4.78 is 0. The van der Waals surface area contributed by atoms with Gasteiger partial charge in [-0.05, 0) is 50.5 Å². The Hall–Kier alpha value is -1.39. The van der Waals surface area contributed by atoms with Crippen LogP contribution >= 0.6 is 0 Å². The lowest BCUT2D eigenvalue weighted by atomic mass is 10.0. The molecule has 1 fully saturated rings. The predicted octanol–water partition coefficient (Wildman–Crippen LogP) is 3.31. The van der Waals surface area contributed by atoms with Crippen LogP contribution in [-0.4, -0.2) is 55.0 Å². The number of carbonyl (C=O) groups is 1. The Morgan fingerprint density at radius 3 is 2.36 bits per heavy atom. The highest BCUT2D eigenvalue weighted by atomic mass is 16.2. The van der Waals surface area contributed by atoms with Gasteiger partial charge in [-0.2, -0.15) is 0 Å². The van der Waals surface area contributed by atoms with E-state index in [1.165, 1.54) is 32.4 Å². The molecule has 25 heavy (non-hydrogen) atoms. The van der Waals surface area contributed by atoms with Crippen molar-refractivity contribution in [3.63, 3.8) is 0 Å². The molecule has 2 atom stereocenters. The smallest absolute Gasteiger partial charge is 0.241 e. The lowest BCUT2D eigenvalue weighted by molar-refractivity contribution is -0.126. The first kappa shape index (κ1) is 19.9. The van der Waals surface area contributed by atoms with Crippen molar-refractivity contribution in [2.75, 3.05) is 39.3 Å². The first-order valence-corrected chi connectivity index (χ1v) is 9.94. The summed E-state index contributed by atoms with van der Waals surface area (Å²) in [5.41, 5.74) is 1.08. The summed E-state index contributed by atoms with van der Waals surface area (Å²) in [5, 5.41) is 3.21. The molecule has 0 aliphatic carbocycles. The minimum absolute atomic E-state index is 0.125. The third-order valence-corrected chi connectivity index (χ3v) is 5.18. The lowest BCUT2D eigenvalue weighted by Crippen LogP contribution is -2.43. The largest absolute Gasteiger partial charge is 0.354 e. The van der Waals surface area contributed by atoms with Gasteiger partial charge in [-0.15, -0.1) is 0 Å². The van der Waals surface area contributed by atoms with Gasteiger partial charge < -0.3 is 10.2 Å². The second kappa shape index (κ2) is 10.6. The number of nitrogens with zero attached hydrogens (tertiary/aromatic N) is 2. The van der Waals surface area contributed by atoms with Crippen LogP contribution in [0.15, 0.2) is 30.3 Å². The van der Waals surface area contributed by atoms with Gasteiger partial charge in [0.15, 0.2) is 0 Å². The molecule has 1 aromatic rings. The van der Waals surface area contributed by atoms with Crippen molar-refractivity contribution in [2.45, 2.75) is 46.1 Å². The zero-order valence-electron chi connectivity index (χ0n) is 16.2. The number of carbonyl (C=O) groups excluding carboxylic acids is 1. The minimum Gasteiger partial charge on any atom is -0.354 e. The summed E-state index contributed by atoms with van der Waals surface area (Å²) in [4.78, 5) is 17.7. The van der Waals surface area contributed by atoms with Crippen LogP contribution in [0.5, 0.6) is 0 Å². The molecule has 0 spiro atoms. The molecule has 0 saturated carbocycles. The monoisotopic (exact) mass is 345 g/mol. The molecular formula is C21H35N3O. The predicted molar refractivity (Wildman–Crippen MR) is 105 cm³/mol. The maximum atomic E-state index is 12.9. The molecule has 0 bridgehead atoms. The lowest BCUT2D eigenvalue weighted by Gasteiger charge is -2.31. The Morgan fingerprint density at radius 1 is 1.12 bits per heavy atom. The van der Waals surface area contributed by atoms with E-state index in [9.17, 15) is 4.79 Å². The van der Waals surface area contributed by atoms with Crippen molar-refractivity contribution in [3.8, 4) is 0 Å². The first-order valence-electron chi connectivity index (χ1n) is 9.94. The highest BCUT2D eigenvalue weighted by Crippen LogP contribution is 2.20. The van der Waals surface area contributed by atoms with Crippen LogP contribution in [0.4, 0.5) is 0 Å². The maximum Gasteiger partial charge on any atom is 0.241 e. The summed E-state index contributed by atoms with van der Waals surface area (Å²) in [6.07, 6.45) is 4.00. The van der Waals surface area contributed by atoms with E-state index in [0.717, 1.165) is 31.7 Å². The van der Waals surface area contributed by atoms with Gasteiger partial charge in [0, 0.05) is 13.1 Å². The first-order chi connectivity index (χ1) is 12.2. The van der Waals surface area contributed by atoms with Gasteiger partial charge in [0.2, 0.25) is 5.91 Å². The van der Waals surface area contributed by atoms with Gasteiger partial charge >= 0.3 is 0 Å². The van der Waals surface area contributed by atoms with E-state index < -0.39 is 0 Å². The molecule has 140 valence electrons. The number of piperidine rings is 1. The molecular weight excluding hydrogens is 310 g/mol. The molecule has 1 amide bonds. The molecule has 0 radical (unpaired) electrons. The zero-order valence-corrected chi connectivity index (χ0v) is 16.2. The van der Waals surface area contributed by atoms with Gasteiger partial charge in [-0.1, -0.05) is 57.5 Å². The Bertz CT molecular complexity index is 495. The minimum atomic E-state index is -0.196. The van der Waals surface area contributed by atoms with Gasteiger partial charge in [-0.25, -0.2) is 0 Å². The number of hydrogen-bond donors (Lipinski definition) is 1. The summed E-state index contributed by atoms with van der Waals surface area (Å²) in [6.45, 7) is 12.5. The van der Waals surface area contributed by atoms with Crippen LogP contribution < -0.4 is 5.32 Å². The molecule has 1 heterocycles. The third kappa shape index (κ3) is 6.12. The van der Waals surface area contributed by atoms with Crippen molar-refractivity contribution in [2.24, 2.45) is 5.92 Å². The highest BCUT2D eigenvalue weighted by Gasteiger charge is 2.26. The Balaban J connectivity index is 1.92. The Kier molecular flexibility index (Phi) is 8.42. The summed E-state index contributed by atoms with van der Waals surface area (Å²) >= 11 is 0. The van der Waals surface area contributed by atoms with Crippen LogP contribution in [0.3, 0.4) is 0 Å². The van der Waals surface area contributed by atoms with Crippen molar-refractivity contribution in [1.82, 2.24) is 15.1 Å². The molecule has 2 rings (SSSR count). The fourth-order valence-electron chi connectivity index (χ4n) is 3.77. The summed E-state index contributed by atoms with van der Waals surface area (Å²) in [6, 6.07) is 9.94. The average Bonchev–Trinajstić information content (AvgIpc) is 2.65. The topological polar surface area (TPSA) is 35.6 Å². The number of nitrogens with one attached hydrogen (secondary N) is 1. The number of amides is 1. The van der Waals surface area contributed by atoms with E-state index in [2.05, 4.69) is 48.0 Å². The number of benzene rings is 1. The van der Waals surface area contributed by atoms with Gasteiger partial charge in [0.1, 0.15) is 6.04 Å². The fourth-order valence-corrected chi connectivity index (χ4v) is 3.77. The molecule has 0 aromatic heterocycles. The fraction of sp³-hybridized carbons (Fsp3) is 0.667. The van der Waals surface area contributed by atoms with Crippen LogP contribution in [0.25, 0.3) is 0 Å². The Labute approximate surface area is 153 Å². The summed E-state index contributed by atoms with van der Waals surface area (Å²) in [5.74, 6) is 0.607. The van der Waals surface area contributed by atoms with Gasteiger partial charge in [0.25, 0.3) is 0 Å². The number of hydrogen-bond acceptors (Lipinski definition) is 3. The molecule has 4 nitrogen and oxygen atoms in total. The normalized spacial score (nSPS) is 18.1. The number of rotatable bonds is 9. The SMILES string of the molecule is CCN(CC)C(C(=O)NCC(C)CN1CCCCC1)c1ccccc1. The van der Waals surface area contributed by atoms with E-state index in [0.29, 0.717) is 5.92 Å². The molecule has 1 aromatic carbocycles. The summed E-state index contributed by atoms with van der Waals surface area (Å²) in [7, 11) is 0. The standard InChI is InChI=1S/C21H35N3O/c1-4-24(5-2)20(19-12-8-6-9-13-19)21(25)22-16-18(3)17-23-14-10-7-11-15-23/h6,8-9,12-13,18,20H,4-5,7,10-11,14-17H2,1-3H3,(H,22,25). The van der Waals surface area contributed by atoms with Crippen LogP contribution in [0.2, 0.25) is 0 Å². The molecule has 4 heteroatoms. The van der Waals surface area contributed by atoms with E-state index in [-0.39, 0.29) is 11.9 Å². The average molecular weight is 346 g/mol. The van der Waals surface area contributed by atoms with Crippen LogP contribution in [0, 0.1) is 5.92 Å².